The minimum absolute atomic E-state index is 0.163. The molecular formula is C9H18O4. The highest BCUT2D eigenvalue weighted by Crippen LogP contribution is 2.09. The average Bonchev–Trinajstić information content (AvgIpc) is 2.00. The van der Waals surface area contributed by atoms with Crippen molar-refractivity contribution in [3.63, 3.8) is 0 Å². The lowest BCUT2D eigenvalue weighted by molar-refractivity contribution is -0.515. The van der Waals surface area contributed by atoms with Crippen molar-refractivity contribution < 1.29 is 19.6 Å². The molecular weight excluding hydrogens is 172 g/mol. The largest absolute Gasteiger partial charge is 0.348 e. The van der Waals surface area contributed by atoms with E-state index in [1.807, 2.05) is 6.92 Å². The van der Waals surface area contributed by atoms with E-state index in [0.717, 1.165) is 6.42 Å². The maximum atomic E-state index is 11.0. The smallest absolute Gasteiger partial charge is 0.269 e. The summed E-state index contributed by atoms with van der Waals surface area (Å²) in [5, 5.41) is 4.33. The lowest BCUT2D eigenvalue weighted by atomic mass is 10.1. The Kier molecular flexibility index (Phi) is 4.95. The van der Waals surface area contributed by atoms with Gasteiger partial charge in [-0.15, -0.1) is 0 Å². The summed E-state index contributed by atoms with van der Waals surface area (Å²) >= 11 is 0. The van der Waals surface area contributed by atoms with Gasteiger partial charge in [0.1, 0.15) is 0 Å². The summed E-state index contributed by atoms with van der Waals surface area (Å²) in [5.41, 5.74) is -0.476. The van der Waals surface area contributed by atoms with Crippen molar-refractivity contribution in [1.29, 1.82) is 0 Å². The molecule has 0 aromatic rings. The zero-order valence-electron chi connectivity index (χ0n) is 8.92. The van der Waals surface area contributed by atoms with Gasteiger partial charge in [-0.3, -0.25) is 4.89 Å². The molecule has 0 amide bonds. The normalized spacial score (nSPS) is 13.9. The van der Waals surface area contributed by atoms with Gasteiger partial charge in [-0.05, 0) is 32.2 Å². The molecule has 0 aromatic carbocycles. The molecule has 4 nitrogen and oxygen atoms in total. The number of carbonyl (C=O) groups is 1. The molecule has 0 heterocycles. The van der Waals surface area contributed by atoms with Crippen molar-refractivity contribution in [3.8, 4) is 0 Å². The van der Waals surface area contributed by atoms with E-state index in [1.165, 1.54) is 0 Å². The molecule has 13 heavy (non-hydrogen) atoms. The van der Waals surface area contributed by atoms with Gasteiger partial charge in [0.05, 0.1) is 11.5 Å². The standard InChI is InChI=1S/C9H18O4/c1-6-7(2)8(10)11-13-12-9(3,4)5/h7H,6H2,1-5H3. The fourth-order valence-electron chi connectivity index (χ4n) is 0.401. The summed E-state index contributed by atoms with van der Waals surface area (Å²) in [6.07, 6.45) is 0.720. The lowest BCUT2D eigenvalue weighted by Gasteiger charge is -2.16. The van der Waals surface area contributed by atoms with Crippen LogP contribution in [-0.4, -0.2) is 11.6 Å². The highest BCUT2D eigenvalue weighted by Gasteiger charge is 2.17. The molecule has 0 aliphatic carbocycles. The van der Waals surface area contributed by atoms with Gasteiger partial charge in [-0.1, -0.05) is 13.8 Å². The van der Waals surface area contributed by atoms with Crippen LogP contribution in [0.15, 0.2) is 0 Å². The molecule has 0 aliphatic rings. The number of rotatable bonds is 4. The first-order valence-electron chi connectivity index (χ1n) is 4.43. The first kappa shape index (κ1) is 12.4. The molecule has 0 aromatic heterocycles. The quantitative estimate of drug-likeness (QED) is 0.503. The molecule has 0 spiro atoms. The Morgan fingerprint density at radius 1 is 1.38 bits per heavy atom. The summed E-state index contributed by atoms with van der Waals surface area (Å²) in [6.45, 7) is 9.05. The molecule has 78 valence electrons. The van der Waals surface area contributed by atoms with Crippen LogP contribution in [-0.2, 0) is 19.6 Å². The van der Waals surface area contributed by atoms with Gasteiger partial charge in [-0.2, -0.15) is 4.89 Å². The van der Waals surface area contributed by atoms with Crippen molar-refractivity contribution in [2.75, 3.05) is 0 Å². The third-order valence-corrected chi connectivity index (χ3v) is 1.41. The first-order chi connectivity index (χ1) is 5.87. The van der Waals surface area contributed by atoms with E-state index in [9.17, 15) is 4.79 Å². The third kappa shape index (κ3) is 6.54. The van der Waals surface area contributed by atoms with E-state index in [-0.39, 0.29) is 5.92 Å². The molecule has 1 unspecified atom stereocenters. The van der Waals surface area contributed by atoms with Gasteiger partial charge in [0, 0.05) is 0 Å². The number of carbonyl (C=O) groups excluding carboxylic acids is 1. The Balaban J connectivity index is 3.60. The Hall–Kier alpha value is -0.610. The van der Waals surface area contributed by atoms with E-state index in [4.69, 9.17) is 4.89 Å². The van der Waals surface area contributed by atoms with Crippen molar-refractivity contribution in [3.05, 3.63) is 0 Å². The molecule has 1 atom stereocenters. The molecule has 4 heteroatoms. The molecule has 0 fully saturated rings. The Labute approximate surface area is 79.0 Å². The van der Waals surface area contributed by atoms with E-state index in [1.54, 1.807) is 27.7 Å². The predicted molar refractivity (Wildman–Crippen MR) is 47.5 cm³/mol. The van der Waals surface area contributed by atoms with Crippen molar-refractivity contribution >= 4 is 5.97 Å². The van der Waals surface area contributed by atoms with Crippen LogP contribution in [0.3, 0.4) is 0 Å². The van der Waals surface area contributed by atoms with Gasteiger partial charge in [0.15, 0.2) is 0 Å². The van der Waals surface area contributed by atoms with Gasteiger partial charge < -0.3 is 0 Å². The fourth-order valence-corrected chi connectivity index (χ4v) is 0.401. The van der Waals surface area contributed by atoms with Crippen LogP contribution in [0.2, 0.25) is 0 Å². The van der Waals surface area contributed by atoms with E-state index in [2.05, 4.69) is 9.93 Å². The first-order valence-corrected chi connectivity index (χ1v) is 4.43. The minimum atomic E-state index is -0.476. The molecule has 0 saturated carbocycles. The third-order valence-electron chi connectivity index (χ3n) is 1.41. The highest BCUT2D eigenvalue weighted by molar-refractivity contribution is 5.71. The van der Waals surface area contributed by atoms with Crippen molar-refractivity contribution in [1.82, 2.24) is 0 Å². The molecule has 0 bridgehead atoms. The topological polar surface area (TPSA) is 44.8 Å². The van der Waals surface area contributed by atoms with E-state index in [0.29, 0.717) is 0 Å². The Morgan fingerprint density at radius 2 is 1.92 bits per heavy atom. The summed E-state index contributed by atoms with van der Waals surface area (Å²) in [7, 11) is 0. The second-order valence-corrected chi connectivity index (χ2v) is 3.98. The van der Waals surface area contributed by atoms with E-state index >= 15 is 0 Å². The summed E-state index contributed by atoms with van der Waals surface area (Å²) < 4.78 is 0. The Morgan fingerprint density at radius 3 is 2.31 bits per heavy atom. The van der Waals surface area contributed by atoms with Crippen LogP contribution in [0, 0.1) is 5.92 Å². The molecule has 0 saturated heterocycles. The summed E-state index contributed by atoms with van der Waals surface area (Å²) in [4.78, 5) is 20.2. The molecule has 0 radical (unpaired) electrons. The fraction of sp³-hybridized carbons (Fsp3) is 0.889. The zero-order valence-corrected chi connectivity index (χ0v) is 8.92. The molecule has 0 aliphatic heterocycles. The number of hydrogen-bond donors (Lipinski definition) is 0. The Bertz CT molecular complexity index is 159. The zero-order chi connectivity index (χ0) is 10.5. The van der Waals surface area contributed by atoms with Gasteiger partial charge in [0.2, 0.25) is 0 Å². The monoisotopic (exact) mass is 190 g/mol. The summed E-state index contributed by atoms with van der Waals surface area (Å²) in [5.74, 6) is -0.574. The maximum Gasteiger partial charge on any atom is 0.348 e. The van der Waals surface area contributed by atoms with Crippen molar-refractivity contribution in [2.45, 2.75) is 46.6 Å². The van der Waals surface area contributed by atoms with Crippen LogP contribution in [0.1, 0.15) is 41.0 Å². The van der Waals surface area contributed by atoms with Crippen LogP contribution in [0.4, 0.5) is 0 Å². The SMILES string of the molecule is CCC(C)C(=O)OOOC(C)(C)C. The second kappa shape index (κ2) is 5.19. The predicted octanol–water partition coefficient (Wildman–Crippen LogP) is 2.24. The van der Waals surface area contributed by atoms with Crippen LogP contribution >= 0.6 is 0 Å². The maximum absolute atomic E-state index is 11.0. The van der Waals surface area contributed by atoms with Crippen LogP contribution < -0.4 is 0 Å². The minimum Gasteiger partial charge on any atom is -0.269 e. The average molecular weight is 190 g/mol. The van der Waals surface area contributed by atoms with Gasteiger partial charge >= 0.3 is 5.97 Å². The van der Waals surface area contributed by atoms with E-state index < -0.39 is 11.6 Å². The number of hydrogen-bond acceptors (Lipinski definition) is 4. The summed E-state index contributed by atoms with van der Waals surface area (Å²) in [6, 6.07) is 0. The highest BCUT2D eigenvalue weighted by atomic mass is 17.5. The van der Waals surface area contributed by atoms with Crippen LogP contribution in [0.25, 0.3) is 0 Å². The second-order valence-electron chi connectivity index (χ2n) is 3.98. The van der Waals surface area contributed by atoms with Crippen molar-refractivity contribution in [2.24, 2.45) is 5.92 Å². The van der Waals surface area contributed by atoms with Gasteiger partial charge in [0.25, 0.3) is 0 Å². The van der Waals surface area contributed by atoms with Crippen LogP contribution in [0.5, 0.6) is 0 Å². The van der Waals surface area contributed by atoms with Gasteiger partial charge in [-0.25, -0.2) is 4.79 Å². The molecule has 0 N–H and O–H groups in total. The molecule has 0 rings (SSSR count). The lowest BCUT2D eigenvalue weighted by Crippen LogP contribution is -2.22.